The number of rotatable bonds is 3. The first-order chi connectivity index (χ1) is 11.3. The number of carbonyl (C=O) groups is 1. The Bertz CT molecular complexity index is 928. The van der Waals surface area contributed by atoms with Crippen LogP contribution in [0.25, 0.3) is 0 Å². The van der Waals surface area contributed by atoms with E-state index in [4.69, 9.17) is 16.3 Å². The number of benzene rings is 2. The first kappa shape index (κ1) is 16.6. The molecule has 0 saturated carbocycles. The molecule has 6 nitrogen and oxygen atoms in total. The van der Waals surface area contributed by atoms with Gasteiger partial charge in [0.25, 0.3) is 15.9 Å². The Morgan fingerprint density at radius 2 is 1.96 bits per heavy atom. The van der Waals surface area contributed by atoms with Gasteiger partial charge in [-0.3, -0.25) is 9.52 Å². The van der Waals surface area contributed by atoms with E-state index in [0.29, 0.717) is 17.1 Å². The van der Waals surface area contributed by atoms with Gasteiger partial charge in [-0.1, -0.05) is 17.7 Å². The van der Waals surface area contributed by atoms with Crippen LogP contribution in [0.5, 0.6) is 5.75 Å². The number of hydrogen-bond acceptors (Lipinski definition) is 4. The minimum atomic E-state index is -3.85. The topological polar surface area (TPSA) is 84.5 Å². The van der Waals surface area contributed by atoms with Gasteiger partial charge in [0.15, 0.2) is 6.10 Å². The van der Waals surface area contributed by atoms with Crippen molar-refractivity contribution in [3.8, 4) is 5.75 Å². The van der Waals surface area contributed by atoms with E-state index in [1.807, 2.05) is 6.92 Å². The van der Waals surface area contributed by atoms with Crippen molar-refractivity contribution in [2.24, 2.45) is 0 Å². The molecular formula is C16H15ClN2O4S. The lowest BCUT2D eigenvalue weighted by atomic mass is 10.2. The zero-order chi connectivity index (χ0) is 17.5. The zero-order valence-corrected chi connectivity index (χ0v) is 14.5. The van der Waals surface area contributed by atoms with Crippen LogP contribution in [-0.4, -0.2) is 20.4 Å². The van der Waals surface area contributed by atoms with Gasteiger partial charge in [0.1, 0.15) is 10.6 Å². The Morgan fingerprint density at radius 3 is 2.67 bits per heavy atom. The van der Waals surface area contributed by atoms with E-state index < -0.39 is 16.1 Å². The number of nitrogens with one attached hydrogen (secondary N) is 2. The molecule has 0 aliphatic carbocycles. The summed E-state index contributed by atoms with van der Waals surface area (Å²) in [7, 11) is -3.85. The number of ether oxygens (including phenoxy) is 1. The maximum absolute atomic E-state index is 12.5. The highest BCUT2D eigenvalue weighted by atomic mass is 35.5. The predicted octanol–water partition coefficient (Wildman–Crippen LogP) is 3.17. The number of anilines is 2. The Labute approximate surface area is 144 Å². The van der Waals surface area contributed by atoms with Crippen LogP contribution in [0.3, 0.4) is 0 Å². The maximum atomic E-state index is 12.5. The summed E-state index contributed by atoms with van der Waals surface area (Å²) in [5, 5.41) is 2.81. The summed E-state index contributed by atoms with van der Waals surface area (Å²) >= 11 is 6.03. The van der Waals surface area contributed by atoms with Crippen molar-refractivity contribution in [3.05, 3.63) is 47.0 Å². The maximum Gasteiger partial charge on any atom is 0.265 e. The van der Waals surface area contributed by atoms with Crippen molar-refractivity contribution in [1.29, 1.82) is 0 Å². The molecule has 8 heteroatoms. The lowest BCUT2D eigenvalue weighted by molar-refractivity contribution is -0.122. The number of fused-ring (bicyclic) bond motifs is 1. The molecule has 1 atom stereocenters. The molecular weight excluding hydrogens is 352 g/mol. The van der Waals surface area contributed by atoms with Crippen LogP contribution in [0.1, 0.15) is 12.5 Å². The van der Waals surface area contributed by atoms with Crippen LogP contribution < -0.4 is 14.8 Å². The van der Waals surface area contributed by atoms with Gasteiger partial charge in [0.05, 0.1) is 16.4 Å². The molecule has 0 aromatic heterocycles. The van der Waals surface area contributed by atoms with Crippen LogP contribution in [0.15, 0.2) is 41.3 Å². The van der Waals surface area contributed by atoms with Crippen LogP contribution in [0, 0.1) is 6.92 Å². The largest absolute Gasteiger partial charge is 0.479 e. The Hall–Kier alpha value is -2.25. The van der Waals surface area contributed by atoms with Crippen LogP contribution >= 0.6 is 11.6 Å². The normalized spacial score (nSPS) is 16.8. The van der Waals surface area contributed by atoms with E-state index in [2.05, 4.69) is 10.0 Å². The highest BCUT2D eigenvalue weighted by molar-refractivity contribution is 7.92. The molecule has 1 aliphatic rings. The molecule has 1 amide bonds. The second-order valence-electron chi connectivity index (χ2n) is 5.50. The summed E-state index contributed by atoms with van der Waals surface area (Å²) in [6.07, 6.45) is -0.591. The van der Waals surface area contributed by atoms with Crippen molar-refractivity contribution in [2.75, 3.05) is 10.0 Å². The van der Waals surface area contributed by atoms with Crippen molar-refractivity contribution in [3.63, 3.8) is 0 Å². The van der Waals surface area contributed by atoms with Gasteiger partial charge in [-0.05, 0) is 49.7 Å². The average Bonchev–Trinajstić information content (AvgIpc) is 2.48. The highest BCUT2D eigenvalue weighted by Crippen LogP contribution is 2.33. The van der Waals surface area contributed by atoms with Gasteiger partial charge in [-0.25, -0.2) is 8.42 Å². The number of sulfonamides is 1. The smallest absolute Gasteiger partial charge is 0.265 e. The fourth-order valence-electron chi connectivity index (χ4n) is 2.31. The number of hydrogen-bond donors (Lipinski definition) is 2. The molecule has 0 fully saturated rings. The Balaban J connectivity index is 1.91. The van der Waals surface area contributed by atoms with Gasteiger partial charge in [0.2, 0.25) is 0 Å². The third kappa shape index (κ3) is 3.18. The van der Waals surface area contributed by atoms with E-state index in [9.17, 15) is 13.2 Å². The third-order valence-electron chi connectivity index (χ3n) is 3.54. The van der Waals surface area contributed by atoms with Crippen LogP contribution in [-0.2, 0) is 14.8 Å². The van der Waals surface area contributed by atoms with Gasteiger partial charge in [0, 0.05) is 0 Å². The summed E-state index contributed by atoms with van der Waals surface area (Å²) in [6.45, 7) is 3.46. The molecule has 0 spiro atoms. The van der Waals surface area contributed by atoms with Crippen molar-refractivity contribution in [1.82, 2.24) is 0 Å². The van der Waals surface area contributed by atoms with Crippen LogP contribution in [0.4, 0.5) is 11.4 Å². The van der Waals surface area contributed by atoms with Gasteiger partial charge in [-0.2, -0.15) is 0 Å². The molecule has 1 aliphatic heterocycles. The monoisotopic (exact) mass is 366 g/mol. The molecule has 2 N–H and O–H groups in total. The molecule has 126 valence electrons. The summed E-state index contributed by atoms with van der Waals surface area (Å²) < 4.78 is 32.9. The van der Waals surface area contributed by atoms with E-state index in [0.717, 1.165) is 5.56 Å². The van der Waals surface area contributed by atoms with Crippen molar-refractivity contribution in [2.45, 2.75) is 24.8 Å². The SMILES string of the molecule is Cc1ccc(S(=O)(=O)Nc2ccc3c(c2)NC(=O)C(C)O3)c(Cl)c1. The van der Waals surface area contributed by atoms with E-state index >= 15 is 0 Å². The average molecular weight is 367 g/mol. The lowest BCUT2D eigenvalue weighted by Crippen LogP contribution is -2.34. The second-order valence-corrected chi connectivity index (χ2v) is 7.56. The summed E-state index contributed by atoms with van der Waals surface area (Å²) in [4.78, 5) is 11.6. The quantitative estimate of drug-likeness (QED) is 0.873. The van der Waals surface area contributed by atoms with Crippen molar-refractivity contribution >= 4 is 38.9 Å². The second kappa shape index (κ2) is 5.99. The number of aryl methyl sites for hydroxylation is 1. The molecule has 3 rings (SSSR count). The van der Waals surface area contributed by atoms with Crippen LogP contribution in [0.2, 0.25) is 5.02 Å². The Kier molecular flexibility index (Phi) is 4.15. The standard InChI is InChI=1S/C16H15ClN2O4S/c1-9-3-6-15(12(17)7-9)24(21,22)19-11-4-5-14-13(8-11)18-16(20)10(2)23-14/h3-8,10,19H,1-2H3,(H,18,20). The summed E-state index contributed by atoms with van der Waals surface area (Å²) in [5.74, 6) is 0.197. The molecule has 1 unspecified atom stereocenters. The first-order valence-corrected chi connectivity index (χ1v) is 9.03. The van der Waals surface area contributed by atoms with Gasteiger partial charge >= 0.3 is 0 Å². The fourth-order valence-corrected chi connectivity index (χ4v) is 3.96. The number of carbonyl (C=O) groups excluding carboxylic acids is 1. The van der Waals surface area contributed by atoms with E-state index in [-0.39, 0.29) is 15.8 Å². The van der Waals surface area contributed by atoms with E-state index in [1.165, 1.54) is 12.1 Å². The van der Waals surface area contributed by atoms with Crippen molar-refractivity contribution < 1.29 is 17.9 Å². The highest BCUT2D eigenvalue weighted by Gasteiger charge is 2.24. The lowest BCUT2D eigenvalue weighted by Gasteiger charge is -2.23. The first-order valence-electron chi connectivity index (χ1n) is 7.17. The molecule has 0 radical (unpaired) electrons. The summed E-state index contributed by atoms with van der Waals surface area (Å²) in [6, 6.07) is 9.35. The minimum absolute atomic E-state index is 0.0126. The minimum Gasteiger partial charge on any atom is -0.479 e. The molecule has 0 bridgehead atoms. The molecule has 1 heterocycles. The summed E-state index contributed by atoms with van der Waals surface area (Å²) in [5.41, 5.74) is 1.57. The predicted molar refractivity (Wildman–Crippen MR) is 92.2 cm³/mol. The number of halogens is 1. The molecule has 24 heavy (non-hydrogen) atoms. The Morgan fingerprint density at radius 1 is 1.21 bits per heavy atom. The van der Waals surface area contributed by atoms with E-state index in [1.54, 1.807) is 31.2 Å². The molecule has 2 aromatic carbocycles. The number of amides is 1. The zero-order valence-electron chi connectivity index (χ0n) is 13.0. The fraction of sp³-hybridized carbons (Fsp3) is 0.188. The molecule has 0 saturated heterocycles. The molecule has 2 aromatic rings. The van der Waals surface area contributed by atoms with Gasteiger partial charge < -0.3 is 10.1 Å². The third-order valence-corrected chi connectivity index (χ3v) is 5.40. The van der Waals surface area contributed by atoms with Gasteiger partial charge in [-0.15, -0.1) is 0 Å².